The molecule has 0 spiro atoms. The summed E-state index contributed by atoms with van der Waals surface area (Å²) in [5, 5.41) is 3.55. The molecule has 2 fully saturated rings. The molecule has 204 valence electrons. The van der Waals surface area contributed by atoms with E-state index in [2.05, 4.69) is 27.0 Å². The number of piperazine rings is 1. The normalized spacial score (nSPS) is 25.1. The van der Waals surface area contributed by atoms with Crippen LogP contribution in [0.1, 0.15) is 52.3 Å². The molecule has 3 aliphatic rings. The van der Waals surface area contributed by atoms with Crippen LogP contribution in [0.3, 0.4) is 0 Å². The average molecular weight is 530 g/mol. The second kappa shape index (κ2) is 11.6. The van der Waals surface area contributed by atoms with Gasteiger partial charge in [-0.05, 0) is 18.9 Å². The van der Waals surface area contributed by atoms with Crippen LogP contribution in [0.2, 0.25) is 0 Å². The Balaban J connectivity index is 0.00000361. The number of halogens is 3. The number of carbonyl (C=O) groups is 1. The molecule has 1 aromatic heterocycles. The molecular weight excluding hydrogens is 488 g/mol. The molecule has 1 amide bonds. The zero-order valence-electron chi connectivity index (χ0n) is 22.2. The number of carbonyl (C=O) groups excluding carboxylic acids is 1. The Kier molecular flexibility index (Phi) is 9.36. The highest BCUT2D eigenvalue weighted by atomic mass is 35.5. The van der Waals surface area contributed by atoms with E-state index in [9.17, 15) is 13.6 Å². The molecule has 1 aromatic rings. The monoisotopic (exact) mass is 529 g/mol. The molecule has 36 heavy (non-hydrogen) atoms. The Labute approximate surface area is 220 Å². The van der Waals surface area contributed by atoms with Crippen LogP contribution >= 0.6 is 12.4 Å². The summed E-state index contributed by atoms with van der Waals surface area (Å²) >= 11 is 0. The smallest absolute Gasteiger partial charge is 0.290 e. The van der Waals surface area contributed by atoms with Gasteiger partial charge in [-0.3, -0.25) is 19.6 Å². The van der Waals surface area contributed by atoms with Crippen molar-refractivity contribution in [2.75, 3.05) is 63.9 Å². The zero-order valence-corrected chi connectivity index (χ0v) is 23.0. The average Bonchev–Trinajstić information content (AvgIpc) is 3.06. The van der Waals surface area contributed by atoms with Gasteiger partial charge in [0, 0.05) is 74.9 Å². The van der Waals surface area contributed by atoms with Gasteiger partial charge in [0.15, 0.2) is 0 Å². The molecule has 4 rings (SSSR count). The SMILES string of the molecule is CC(C)CC(F)(F)c1cc2c(cn1)C(C)(C)CN2C(=O)CN1C[C@@H](C)NC[C@@H]1CN1CCOCC1.Cl. The number of alkyl halides is 2. The van der Waals surface area contributed by atoms with Crippen LogP contribution in [0, 0.1) is 5.92 Å². The molecule has 2 saturated heterocycles. The fraction of sp³-hybridized carbons (Fsp3) is 0.769. The minimum absolute atomic E-state index is 0. The predicted molar refractivity (Wildman–Crippen MR) is 140 cm³/mol. The van der Waals surface area contributed by atoms with Crippen molar-refractivity contribution in [2.45, 2.75) is 64.5 Å². The highest BCUT2D eigenvalue weighted by molar-refractivity contribution is 5.97. The van der Waals surface area contributed by atoms with Gasteiger partial charge in [0.1, 0.15) is 5.69 Å². The van der Waals surface area contributed by atoms with Gasteiger partial charge in [-0.15, -0.1) is 12.4 Å². The molecule has 10 heteroatoms. The Morgan fingerprint density at radius 1 is 1.31 bits per heavy atom. The first-order valence-electron chi connectivity index (χ1n) is 12.9. The molecule has 0 aliphatic carbocycles. The van der Waals surface area contributed by atoms with Crippen molar-refractivity contribution in [3.8, 4) is 0 Å². The van der Waals surface area contributed by atoms with Gasteiger partial charge >= 0.3 is 0 Å². The van der Waals surface area contributed by atoms with E-state index in [4.69, 9.17) is 4.74 Å². The van der Waals surface area contributed by atoms with Crippen LogP contribution in [0.5, 0.6) is 0 Å². The summed E-state index contributed by atoms with van der Waals surface area (Å²) in [6, 6.07) is 1.96. The molecule has 3 aliphatic heterocycles. The number of fused-ring (bicyclic) bond motifs is 1. The summed E-state index contributed by atoms with van der Waals surface area (Å²) in [6.45, 7) is 16.3. The van der Waals surface area contributed by atoms with Crippen molar-refractivity contribution in [3.05, 3.63) is 23.5 Å². The van der Waals surface area contributed by atoms with Crippen molar-refractivity contribution >= 4 is 24.0 Å². The lowest BCUT2D eigenvalue weighted by atomic mass is 9.88. The van der Waals surface area contributed by atoms with Crippen molar-refractivity contribution in [2.24, 2.45) is 5.92 Å². The standard InChI is InChI=1S/C26H41F2N5O2.ClH/c1-18(2)11-26(27,28)23-10-22-21(13-30-23)25(4,5)17-33(22)24(34)16-32-14-19(3)29-12-20(32)15-31-6-8-35-9-7-31;/h10,13,18-20,29H,6-9,11-12,14-17H2,1-5H3;1H/t19-,20-;/m1./s1. The first-order valence-corrected chi connectivity index (χ1v) is 12.9. The highest BCUT2D eigenvalue weighted by Gasteiger charge is 2.42. The van der Waals surface area contributed by atoms with E-state index < -0.39 is 5.92 Å². The van der Waals surface area contributed by atoms with E-state index in [-0.39, 0.29) is 60.4 Å². The molecule has 0 aromatic carbocycles. The maximum absolute atomic E-state index is 14.9. The summed E-state index contributed by atoms with van der Waals surface area (Å²) in [5.74, 6) is -3.23. The number of aromatic nitrogens is 1. The largest absolute Gasteiger partial charge is 0.379 e. The van der Waals surface area contributed by atoms with Gasteiger partial charge in [0.2, 0.25) is 5.91 Å². The predicted octanol–water partition coefficient (Wildman–Crippen LogP) is 3.26. The van der Waals surface area contributed by atoms with Gasteiger partial charge in [0.25, 0.3) is 5.92 Å². The third-order valence-corrected chi connectivity index (χ3v) is 7.43. The number of anilines is 1. The zero-order chi connectivity index (χ0) is 25.4. The molecule has 7 nitrogen and oxygen atoms in total. The lowest BCUT2D eigenvalue weighted by molar-refractivity contribution is -0.121. The molecule has 1 N–H and O–H groups in total. The van der Waals surface area contributed by atoms with Crippen molar-refractivity contribution in [3.63, 3.8) is 0 Å². The van der Waals surface area contributed by atoms with Gasteiger partial charge in [-0.1, -0.05) is 27.7 Å². The van der Waals surface area contributed by atoms with Crippen LogP contribution in [-0.4, -0.2) is 91.8 Å². The molecular formula is C26H42ClF2N5O2. The number of pyridine rings is 1. The van der Waals surface area contributed by atoms with Crippen LogP contribution < -0.4 is 10.2 Å². The van der Waals surface area contributed by atoms with Crippen LogP contribution in [0.15, 0.2) is 12.3 Å². The molecule has 0 saturated carbocycles. The minimum atomic E-state index is -3.03. The van der Waals surface area contributed by atoms with Gasteiger partial charge < -0.3 is 15.0 Å². The second-order valence-corrected chi connectivity index (χ2v) is 11.6. The second-order valence-electron chi connectivity index (χ2n) is 11.6. The number of hydrogen-bond acceptors (Lipinski definition) is 6. The topological polar surface area (TPSA) is 60.9 Å². The van der Waals surface area contributed by atoms with Crippen molar-refractivity contribution in [1.29, 1.82) is 0 Å². The number of rotatable bonds is 7. The number of amides is 1. The first kappa shape index (κ1) is 29.2. The minimum Gasteiger partial charge on any atom is -0.379 e. The Hall–Kier alpha value is -1.39. The van der Waals surface area contributed by atoms with Gasteiger partial charge in [-0.2, -0.15) is 8.78 Å². The third kappa shape index (κ3) is 6.54. The Bertz CT molecular complexity index is 910. The summed E-state index contributed by atoms with van der Waals surface area (Å²) in [5.41, 5.74) is 0.852. The van der Waals surface area contributed by atoms with E-state index in [1.807, 2.05) is 13.8 Å². The number of hydrogen-bond donors (Lipinski definition) is 1. The Morgan fingerprint density at radius 3 is 2.67 bits per heavy atom. The fourth-order valence-electron chi connectivity index (χ4n) is 5.54. The lowest BCUT2D eigenvalue weighted by Crippen LogP contribution is -2.61. The lowest BCUT2D eigenvalue weighted by Gasteiger charge is -2.42. The third-order valence-electron chi connectivity index (χ3n) is 7.43. The number of nitrogens with zero attached hydrogens (tertiary/aromatic N) is 4. The summed E-state index contributed by atoms with van der Waals surface area (Å²) in [7, 11) is 0. The fourth-order valence-corrected chi connectivity index (χ4v) is 5.54. The highest BCUT2D eigenvalue weighted by Crippen LogP contribution is 2.43. The first-order chi connectivity index (χ1) is 16.5. The molecule has 0 radical (unpaired) electrons. The number of ether oxygens (including phenoxy) is 1. The molecule has 2 atom stereocenters. The summed E-state index contributed by atoms with van der Waals surface area (Å²) < 4.78 is 35.3. The van der Waals surface area contributed by atoms with E-state index in [1.54, 1.807) is 24.9 Å². The molecule has 0 bridgehead atoms. The number of nitrogens with one attached hydrogen (secondary N) is 1. The van der Waals surface area contributed by atoms with Gasteiger partial charge in [0.05, 0.1) is 25.4 Å². The van der Waals surface area contributed by atoms with E-state index in [1.165, 1.54) is 6.07 Å². The van der Waals surface area contributed by atoms with Crippen LogP contribution in [0.25, 0.3) is 0 Å². The Morgan fingerprint density at radius 2 is 2.00 bits per heavy atom. The van der Waals surface area contributed by atoms with E-state index in [0.29, 0.717) is 12.2 Å². The van der Waals surface area contributed by atoms with Crippen molar-refractivity contribution in [1.82, 2.24) is 20.1 Å². The number of morpholine rings is 1. The quantitative estimate of drug-likeness (QED) is 0.585. The summed E-state index contributed by atoms with van der Waals surface area (Å²) in [4.78, 5) is 24.2. The maximum Gasteiger partial charge on any atom is 0.290 e. The van der Waals surface area contributed by atoms with Crippen LogP contribution in [-0.2, 0) is 20.9 Å². The van der Waals surface area contributed by atoms with Crippen molar-refractivity contribution < 1.29 is 18.3 Å². The van der Waals surface area contributed by atoms with E-state index >= 15 is 0 Å². The molecule has 4 heterocycles. The van der Waals surface area contributed by atoms with Crippen LogP contribution in [0.4, 0.5) is 14.5 Å². The van der Waals surface area contributed by atoms with Gasteiger partial charge in [-0.25, -0.2) is 0 Å². The van der Waals surface area contributed by atoms with E-state index in [0.717, 1.165) is 51.5 Å². The summed E-state index contributed by atoms with van der Waals surface area (Å²) in [6.07, 6.45) is 1.29. The molecule has 0 unspecified atom stereocenters. The maximum atomic E-state index is 14.9.